The molecule has 2 rings (SSSR count). The Hall–Kier alpha value is -2.46. The third-order valence-electron chi connectivity index (χ3n) is 3.19. The minimum Gasteiger partial charge on any atom is -0.464 e. The van der Waals surface area contributed by atoms with E-state index in [1.54, 1.807) is 0 Å². The summed E-state index contributed by atoms with van der Waals surface area (Å²) in [5.41, 5.74) is 3.33. The lowest BCUT2D eigenvalue weighted by atomic mass is 9.87. The van der Waals surface area contributed by atoms with Crippen molar-refractivity contribution in [2.75, 3.05) is 0 Å². The van der Waals surface area contributed by atoms with E-state index >= 15 is 0 Å². The molecule has 2 aromatic rings. The first kappa shape index (κ1) is 14.9. The van der Waals surface area contributed by atoms with E-state index in [9.17, 15) is 0 Å². The molecule has 0 N–H and O–H groups in total. The van der Waals surface area contributed by atoms with E-state index in [2.05, 4.69) is 63.5 Å². The fourth-order valence-electron chi connectivity index (χ4n) is 1.96. The number of rotatable bonds is 2. The van der Waals surface area contributed by atoms with Crippen LogP contribution in [0.25, 0.3) is 0 Å². The van der Waals surface area contributed by atoms with Crippen LogP contribution in [0.5, 0.6) is 5.75 Å². The Kier molecular flexibility index (Phi) is 4.50. The summed E-state index contributed by atoms with van der Waals surface area (Å²) >= 11 is 0. The van der Waals surface area contributed by atoms with Crippen molar-refractivity contribution >= 4 is 0 Å². The van der Waals surface area contributed by atoms with Gasteiger partial charge in [-0.2, -0.15) is 0 Å². The molecule has 0 amide bonds. The predicted octanol–water partition coefficient (Wildman–Crippen LogP) is 4.91. The zero-order chi connectivity index (χ0) is 15.3. The summed E-state index contributed by atoms with van der Waals surface area (Å²) in [5.74, 6) is 7.05. The van der Waals surface area contributed by atoms with Gasteiger partial charge in [-0.3, -0.25) is 0 Å². The van der Waals surface area contributed by atoms with Crippen LogP contribution in [0.1, 0.15) is 37.5 Å². The summed E-state index contributed by atoms with van der Waals surface area (Å²) in [7, 11) is 0. The minimum absolute atomic E-state index is 0.163. The third-order valence-corrected chi connectivity index (χ3v) is 3.19. The van der Waals surface area contributed by atoms with Gasteiger partial charge in [0.2, 0.25) is 0 Å². The van der Waals surface area contributed by atoms with Crippen molar-refractivity contribution in [2.24, 2.45) is 0 Å². The first-order valence-electron chi connectivity index (χ1n) is 7.00. The molecular weight excluding hydrogens is 256 g/mol. The van der Waals surface area contributed by atoms with E-state index < -0.39 is 0 Å². The second-order valence-electron chi connectivity index (χ2n) is 5.86. The van der Waals surface area contributed by atoms with Crippen molar-refractivity contribution in [3.63, 3.8) is 0 Å². The highest BCUT2D eigenvalue weighted by Gasteiger charge is 2.12. The highest BCUT2D eigenvalue weighted by atomic mass is 16.5. The molecule has 106 valence electrons. The summed E-state index contributed by atoms with van der Waals surface area (Å²) in [5, 5.41) is 0. The topological polar surface area (TPSA) is 9.23 Å². The second kappa shape index (κ2) is 6.33. The first-order chi connectivity index (χ1) is 10.0. The van der Waals surface area contributed by atoms with Gasteiger partial charge in [-0.05, 0) is 35.2 Å². The Balaban J connectivity index is 2.25. The molecule has 0 heterocycles. The van der Waals surface area contributed by atoms with Gasteiger partial charge in [-0.15, -0.1) is 0 Å². The highest BCUT2D eigenvalue weighted by Crippen LogP contribution is 2.22. The van der Waals surface area contributed by atoms with E-state index in [1.165, 1.54) is 11.8 Å². The predicted molar refractivity (Wildman–Crippen MR) is 88.4 cm³/mol. The van der Waals surface area contributed by atoms with Gasteiger partial charge in [0, 0.05) is 5.56 Å². The van der Waals surface area contributed by atoms with Gasteiger partial charge >= 0.3 is 0 Å². The molecular formula is C20H20O. The molecule has 0 spiro atoms. The van der Waals surface area contributed by atoms with Crippen LogP contribution in [0.3, 0.4) is 0 Å². The molecule has 1 heteroatoms. The Morgan fingerprint density at radius 3 is 2.24 bits per heavy atom. The molecule has 0 aromatic heterocycles. The summed E-state index contributed by atoms with van der Waals surface area (Å²) in [6.07, 6.45) is 1.42. The van der Waals surface area contributed by atoms with Gasteiger partial charge in [-0.25, -0.2) is 0 Å². The normalized spacial score (nSPS) is 10.4. The second-order valence-corrected chi connectivity index (χ2v) is 5.86. The van der Waals surface area contributed by atoms with Gasteiger partial charge < -0.3 is 4.74 Å². The quantitative estimate of drug-likeness (QED) is 0.559. The molecule has 0 bridgehead atoms. The lowest BCUT2D eigenvalue weighted by Gasteiger charge is -2.18. The lowest BCUT2D eigenvalue weighted by Crippen LogP contribution is -2.10. The Bertz CT molecular complexity index is 676. The zero-order valence-electron chi connectivity index (χ0n) is 12.8. The standard InChI is InChI=1S/C20H20O/c1-5-21-19-9-7-6-8-17(19)13-10-16-11-14-18(15-12-16)20(2,3)4/h5-9,11-12,14-15H,1H2,2-4H3. The van der Waals surface area contributed by atoms with Crippen LogP contribution in [-0.2, 0) is 5.41 Å². The molecule has 2 aromatic carbocycles. The van der Waals surface area contributed by atoms with E-state index in [1.807, 2.05) is 24.3 Å². The van der Waals surface area contributed by atoms with Crippen LogP contribution in [-0.4, -0.2) is 0 Å². The molecule has 0 unspecified atom stereocenters. The fraction of sp³-hybridized carbons (Fsp3) is 0.200. The van der Waals surface area contributed by atoms with Crippen molar-refractivity contribution < 1.29 is 4.74 Å². The van der Waals surface area contributed by atoms with Crippen LogP contribution in [0.2, 0.25) is 0 Å². The average Bonchev–Trinajstić information content (AvgIpc) is 2.46. The molecule has 0 aliphatic rings. The molecule has 0 atom stereocenters. The number of hydrogen-bond acceptors (Lipinski definition) is 1. The summed E-state index contributed by atoms with van der Waals surface area (Å²) in [6.45, 7) is 10.2. The molecule has 0 radical (unpaired) electrons. The van der Waals surface area contributed by atoms with Gasteiger partial charge in [0.05, 0.1) is 11.8 Å². The Labute approximate surface area is 127 Å². The lowest BCUT2D eigenvalue weighted by molar-refractivity contribution is 0.482. The van der Waals surface area contributed by atoms with E-state index in [0.717, 1.165) is 16.9 Å². The Morgan fingerprint density at radius 1 is 0.952 bits per heavy atom. The van der Waals surface area contributed by atoms with E-state index in [4.69, 9.17) is 4.74 Å². The van der Waals surface area contributed by atoms with Crippen LogP contribution in [0.15, 0.2) is 61.4 Å². The summed E-state index contributed by atoms with van der Waals surface area (Å²) in [4.78, 5) is 0. The molecule has 0 saturated heterocycles. The number of hydrogen-bond donors (Lipinski definition) is 0. The maximum absolute atomic E-state index is 5.35. The van der Waals surface area contributed by atoms with Crippen molar-refractivity contribution in [3.05, 3.63) is 78.1 Å². The molecule has 0 aliphatic carbocycles. The molecule has 0 saturated carbocycles. The number of benzene rings is 2. The fourth-order valence-corrected chi connectivity index (χ4v) is 1.96. The van der Waals surface area contributed by atoms with Crippen molar-refractivity contribution in [1.29, 1.82) is 0 Å². The van der Waals surface area contributed by atoms with Gasteiger partial charge in [0.15, 0.2) is 0 Å². The number of para-hydroxylation sites is 1. The maximum atomic E-state index is 5.35. The zero-order valence-corrected chi connectivity index (χ0v) is 12.8. The van der Waals surface area contributed by atoms with Gasteiger partial charge in [0.1, 0.15) is 5.75 Å². The van der Waals surface area contributed by atoms with E-state index in [-0.39, 0.29) is 5.41 Å². The van der Waals surface area contributed by atoms with E-state index in [0.29, 0.717) is 0 Å². The smallest absolute Gasteiger partial charge is 0.142 e. The van der Waals surface area contributed by atoms with Gasteiger partial charge in [0.25, 0.3) is 0 Å². The third kappa shape index (κ3) is 4.00. The highest BCUT2D eigenvalue weighted by molar-refractivity contribution is 5.50. The summed E-state index contributed by atoms with van der Waals surface area (Å²) < 4.78 is 5.35. The maximum Gasteiger partial charge on any atom is 0.142 e. The first-order valence-corrected chi connectivity index (χ1v) is 7.00. The van der Waals surface area contributed by atoms with Crippen LogP contribution in [0, 0.1) is 11.8 Å². The van der Waals surface area contributed by atoms with Crippen molar-refractivity contribution in [2.45, 2.75) is 26.2 Å². The van der Waals surface area contributed by atoms with Crippen molar-refractivity contribution in [1.82, 2.24) is 0 Å². The summed E-state index contributed by atoms with van der Waals surface area (Å²) in [6, 6.07) is 16.1. The molecule has 1 nitrogen and oxygen atoms in total. The molecule has 0 aliphatic heterocycles. The SMILES string of the molecule is C=COc1ccccc1C#Cc1ccc(C(C)(C)C)cc1. The van der Waals surface area contributed by atoms with Gasteiger partial charge in [-0.1, -0.05) is 63.5 Å². The molecule has 0 fully saturated rings. The minimum atomic E-state index is 0.163. The van der Waals surface area contributed by atoms with Crippen LogP contribution < -0.4 is 4.74 Å². The van der Waals surface area contributed by atoms with Crippen LogP contribution >= 0.6 is 0 Å². The molecule has 21 heavy (non-hydrogen) atoms. The monoisotopic (exact) mass is 276 g/mol. The average molecular weight is 276 g/mol. The van der Waals surface area contributed by atoms with Crippen LogP contribution in [0.4, 0.5) is 0 Å². The number of ether oxygens (including phenoxy) is 1. The van der Waals surface area contributed by atoms with Crippen molar-refractivity contribution in [3.8, 4) is 17.6 Å². The largest absolute Gasteiger partial charge is 0.464 e. The Morgan fingerprint density at radius 2 is 1.62 bits per heavy atom.